The van der Waals surface area contributed by atoms with Gasteiger partial charge in [0.25, 0.3) is 0 Å². The van der Waals surface area contributed by atoms with E-state index in [1.54, 1.807) is 11.3 Å². The summed E-state index contributed by atoms with van der Waals surface area (Å²) in [7, 11) is 0. The standard InChI is InChI=1S/C20H21N3O2S/c24-19(22-10-12-25-13-11-22)14-18-15-26-20(21-18)23-8-6-17(7-9-23)16-4-2-1-3-5-16/h1-8,15H,9-14H2. The third-order valence-electron chi connectivity index (χ3n) is 4.53. The smallest absolute Gasteiger partial charge is 0.228 e. The molecule has 1 fully saturated rings. The number of hydrogen-bond donors (Lipinski definition) is 0. The van der Waals surface area contributed by atoms with Gasteiger partial charge in [-0.15, -0.1) is 11.3 Å². The molecule has 0 radical (unpaired) electrons. The van der Waals surface area contributed by atoms with Crippen molar-refractivity contribution >= 4 is 27.9 Å². The van der Waals surface area contributed by atoms with Crippen LogP contribution in [0.3, 0.4) is 0 Å². The normalized spacial score (nSPS) is 17.3. The lowest BCUT2D eigenvalue weighted by Gasteiger charge is -2.26. The summed E-state index contributed by atoms with van der Waals surface area (Å²) in [6, 6.07) is 10.4. The molecule has 2 aliphatic rings. The van der Waals surface area contributed by atoms with Crippen molar-refractivity contribution in [3.05, 3.63) is 65.3 Å². The fraction of sp³-hybridized carbons (Fsp3) is 0.300. The number of carbonyl (C=O) groups excluding carboxylic acids is 1. The highest BCUT2D eigenvalue weighted by atomic mass is 32.1. The zero-order chi connectivity index (χ0) is 17.8. The minimum atomic E-state index is 0.130. The van der Waals surface area contributed by atoms with Crippen molar-refractivity contribution in [3.8, 4) is 0 Å². The fourth-order valence-corrected chi connectivity index (χ4v) is 3.89. The van der Waals surface area contributed by atoms with Gasteiger partial charge in [0, 0.05) is 31.2 Å². The fourth-order valence-electron chi connectivity index (χ4n) is 3.07. The molecule has 0 unspecified atom stereocenters. The average Bonchev–Trinajstić information content (AvgIpc) is 3.18. The van der Waals surface area contributed by atoms with Crippen LogP contribution in [0.1, 0.15) is 11.3 Å². The minimum Gasteiger partial charge on any atom is -0.378 e. The molecule has 1 saturated heterocycles. The Balaban J connectivity index is 1.37. The van der Waals surface area contributed by atoms with Crippen LogP contribution in [0.5, 0.6) is 0 Å². The van der Waals surface area contributed by atoms with Crippen LogP contribution in [-0.2, 0) is 16.0 Å². The molecule has 0 aliphatic carbocycles. The van der Waals surface area contributed by atoms with E-state index in [4.69, 9.17) is 4.74 Å². The van der Waals surface area contributed by atoms with Crippen LogP contribution in [0.25, 0.3) is 5.57 Å². The molecule has 2 aliphatic heterocycles. The van der Waals surface area contributed by atoms with Crippen LogP contribution in [-0.4, -0.2) is 48.6 Å². The van der Waals surface area contributed by atoms with Crippen molar-refractivity contribution in [2.45, 2.75) is 6.42 Å². The summed E-state index contributed by atoms with van der Waals surface area (Å²) < 4.78 is 5.30. The molecule has 26 heavy (non-hydrogen) atoms. The van der Waals surface area contributed by atoms with E-state index in [0.29, 0.717) is 32.7 Å². The van der Waals surface area contributed by atoms with Gasteiger partial charge in [-0.1, -0.05) is 36.4 Å². The highest BCUT2D eigenvalue weighted by Crippen LogP contribution is 2.26. The number of rotatable bonds is 4. The van der Waals surface area contributed by atoms with E-state index in [9.17, 15) is 4.79 Å². The number of benzene rings is 1. The van der Waals surface area contributed by atoms with Crippen LogP contribution < -0.4 is 4.90 Å². The number of anilines is 1. The largest absolute Gasteiger partial charge is 0.378 e. The van der Waals surface area contributed by atoms with Gasteiger partial charge in [-0.2, -0.15) is 0 Å². The summed E-state index contributed by atoms with van der Waals surface area (Å²) in [5.74, 6) is 0.130. The Labute approximate surface area is 157 Å². The molecule has 6 heteroatoms. The highest BCUT2D eigenvalue weighted by Gasteiger charge is 2.19. The average molecular weight is 367 g/mol. The maximum Gasteiger partial charge on any atom is 0.228 e. The zero-order valence-corrected chi connectivity index (χ0v) is 15.3. The Morgan fingerprint density at radius 1 is 1.19 bits per heavy atom. The number of carbonyl (C=O) groups is 1. The second-order valence-corrected chi connectivity index (χ2v) is 7.12. The van der Waals surface area contributed by atoms with Gasteiger partial charge in [0.05, 0.1) is 25.3 Å². The molecule has 0 atom stereocenters. The molecule has 0 spiro atoms. The topological polar surface area (TPSA) is 45.7 Å². The monoisotopic (exact) mass is 367 g/mol. The van der Waals surface area contributed by atoms with Crippen LogP contribution in [0, 0.1) is 0 Å². The molecule has 2 aromatic rings. The summed E-state index contributed by atoms with van der Waals surface area (Å²) in [5, 5.41) is 2.91. The molecule has 4 rings (SSSR count). The summed E-state index contributed by atoms with van der Waals surface area (Å²) >= 11 is 1.58. The highest BCUT2D eigenvalue weighted by molar-refractivity contribution is 7.13. The van der Waals surface area contributed by atoms with Gasteiger partial charge in [-0.05, 0) is 17.2 Å². The van der Waals surface area contributed by atoms with E-state index in [1.807, 2.05) is 16.3 Å². The first-order chi connectivity index (χ1) is 12.8. The number of hydrogen-bond acceptors (Lipinski definition) is 5. The predicted molar refractivity (Wildman–Crippen MR) is 104 cm³/mol. The van der Waals surface area contributed by atoms with Gasteiger partial charge in [0.1, 0.15) is 0 Å². The maximum atomic E-state index is 12.4. The van der Waals surface area contributed by atoms with E-state index in [-0.39, 0.29) is 5.91 Å². The first-order valence-electron chi connectivity index (χ1n) is 8.80. The second kappa shape index (κ2) is 7.85. The van der Waals surface area contributed by atoms with E-state index in [2.05, 4.69) is 52.5 Å². The van der Waals surface area contributed by atoms with Gasteiger partial charge in [0.15, 0.2) is 5.13 Å². The maximum absolute atomic E-state index is 12.4. The Morgan fingerprint density at radius 2 is 2.00 bits per heavy atom. The van der Waals surface area contributed by atoms with E-state index >= 15 is 0 Å². The van der Waals surface area contributed by atoms with Gasteiger partial charge in [-0.25, -0.2) is 4.98 Å². The molecular formula is C20H21N3O2S. The number of thiazole rings is 1. The van der Waals surface area contributed by atoms with E-state index in [0.717, 1.165) is 17.4 Å². The molecule has 1 amide bonds. The SMILES string of the molecule is O=C(Cc1csc(N2C=CC(c3ccccc3)=CC2)n1)N1CCOCC1. The quantitative estimate of drug-likeness (QED) is 0.834. The molecular weight excluding hydrogens is 346 g/mol. The molecule has 5 nitrogen and oxygen atoms in total. The van der Waals surface area contributed by atoms with Crippen molar-refractivity contribution in [1.82, 2.24) is 9.88 Å². The van der Waals surface area contributed by atoms with Gasteiger partial charge in [0.2, 0.25) is 5.91 Å². The molecule has 3 heterocycles. The second-order valence-electron chi connectivity index (χ2n) is 6.28. The van der Waals surface area contributed by atoms with Crippen molar-refractivity contribution in [3.63, 3.8) is 0 Å². The Morgan fingerprint density at radius 3 is 2.73 bits per heavy atom. The van der Waals surface area contributed by atoms with Gasteiger partial charge in [-0.3, -0.25) is 4.79 Å². The van der Waals surface area contributed by atoms with Crippen LogP contribution in [0.4, 0.5) is 5.13 Å². The number of aromatic nitrogens is 1. The number of ether oxygens (including phenoxy) is 1. The number of nitrogens with zero attached hydrogens (tertiary/aromatic N) is 3. The molecule has 0 saturated carbocycles. The van der Waals surface area contributed by atoms with Crippen LogP contribution >= 0.6 is 11.3 Å². The zero-order valence-electron chi connectivity index (χ0n) is 14.5. The number of morpholine rings is 1. The summed E-state index contributed by atoms with van der Waals surface area (Å²) in [4.78, 5) is 21.0. The van der Waals surface area contributed by atoms with E-state index in [1.165, 1.54) is 11.1 Å². The van der Waals surface area contributed by atoms with Crippen molar-refractivity contribution in [1.29, 1.82) is 0 Å². The first kappa shape index (κ1) is 17.0. The Bertz CT molecular complexity index is 823. The van der Waals surface area contributed by atoms with Gasteiger partial charge < -0.3 is 14.5 Å². The summed E-state index contributed by atoms with van der Waals surface area (Å²) in [6.07, 6.45) is 6.74. The lowest BCUT2D eigenvalue weighted by molar-refractivity contribution is -0.134. The number of allylic oxidation sites excluding steroid dienone is 2. The molecule has 134 valence electrons. The summed E-state index contributed by atoms with van der Waals surface area (Å²) in [6.45, 7) is 3.39. The lowest BCUT2D eigenvalue weighted by Crippen LogP contribution is -2.41. The van der Waals surface area contributed by atoms with Crippen LogP contribution in [0.2, 0.25) is 0 Å². The van der Waals surface area contributed by atoms with Crippen molar-refractivity contribution in [2.75, 3.05) is 37.7 Å². The molecule has 0 bridgehead atoms. The molecule has 0 N–H and O–H groups in total. The lowest BCUT2D eigenvalue weighted by atomic mass is 10.0. The predicted octanol–water partition coefficient (Wildman–Crippen LogP) is 2.96. The molecule has 1 aromatic carbocycles. The third kappa shape index (κ3) is 3.86. The van der Waals surface area contributed by atoms with E-state index < -0.39 is 0 Å². The minimum absolute atomic E-state index is 0.130. The summed E-state index contributed by atoms with van der Waals surface area (Å²) in [5.41, 5.74) is 3.29. The van der Waals surface area contributed by atoms with Crippen molar-refractivity contribution < 1.29 is 9.53 Å². The molecule has 1 aromatic heterocycles. The Hall–Kier alpha value is -2.44. The number of amides is 1. The Kier molecular flexibility index (Phi) is 5.13. The first-order valence-corrected chi connectivity index (χ1v) is 9.68. The third-order valence-corrected chi connectivity index (χ3v) is 5.46. The van der Waals surface area contributed by atoms with Crippen molar-refractivity contribution in [2.24, 2.45) is 0 Å². The van der Waals surface area contributed by atoms with Crippen LogP contribution in [0.15, 0.2) is 54.1 Å². The van der Waals surface area contributed by atoms with Gasteiger partial charge >= 0.3 is 0 Å².